The van der Waals surface area contributed by atoms with Gasteiger partial charge in [-0.3, -0.25) is 0 Å². The lowest BCUT2D eigenvalue weighted by Crippen LogP contribution is -2.06. The molecule has 0 amide bonds. The third-order valence-electron chi connectivity index (χ3n) is 1.50. The van der Waals surface area contributed by atoms with Crippen LogP contribution in [-0.2, 0) is 0 Å². The molecule has 0 saturated heterocycles. The van der Waals surface area contributed by atoms with E-state index in [0.717, 1.165) is 0 Å². The van der Waals surface area contributed by atoms with Crippen molar-refractivity contribution in [1.29, 1.82) is 0 Å². The second-order valence-corrected chi connectivity index (χ2v) is 2.33. The van der Waals surface area contributed by atoms with Gasteiger partial charge in [0.2, 0.25) is 0 Å². The average molecular weight is 153 g/mol. The third kappa shape index (κ3) is 2.33. The van der Waals surface area contributed by atoms with Crippen LogP contribution in [0.2, 0.25) is 0 Å². The normalized spacial score (nSPS) is 16.9. The van der Waals surface area contributed by atoms with Gasteiger partial charge in [0, 0.05) is 2.74 Å². The van der Waals surface area contributed by atoms with Gasteiger partial charge in [-0.2, -0.15) is 0 Å². The van der Waals surface area contributed by atoms with Crippen LogP contribution in [0.4, 0.5) is 0 Å². The second-order valence-electron chi connectivity index (χ2n) is 2.33. The summed E-state index contributed by atoms with van der Waals surface area (Å²) in [5.41, 5.74) is 5.84. The summed E-state index contributed by atoms with van der Waals surface area (Å²) in [5, 5.41) is 9.54. The molecule has 0 bridgehead atoms. The van der Waals surface area contributed by atoms with Crippen molar-refractivity contribution in [2.45, 2.75) is 12.5 Å². The third-order valence-corrected chi connectivity index (χ3v) is 1.50. The van der Waals surface area contributed by atoms with E-state index in [0.29, 0.717) is 5.56 Å². The molecule has 0 heterocycles. The van der Waals surface area contributed by atoms with Gasteiger partial charge in [0.25, 0.3) is 0 Å². The molecule has 0 spiro atoms. The van der Waals surface area contributed by atoms with E-state index in [9.17, 15) is 5.11 Å². The van der Waals surface area contributed by atoms with Crippen LogP contribution in [0.15, 0.2) is 30.3 Å². The second kappa shape index (κ2) is 4.11. The highest BCUT2D eigenvalue weighted by molar-refractivity contribution is 5.16. The van der Waals surface area contributed by atoms with Crippen LogP contribution in [0.25, 0.3) is 0 Å². The lowest BCUT2D eigenvalue weighted by Gasteiger charge is -2.07. The summed E-state index contributed by atoms with van der Waals surface area (Å²) in [6, 6.07) is 8.93. The zero-order chi connectivity index (χ0) is 9.90. The Morgan fingerprint density at radius 1 is 1.45 bits per heavy atom. The van der Waals surface area contributed by atoms with Gasteiger partial charge in [0.05, 0.1) is 6.10 Å². The van der Waals surface area contributed by atoms with Crippen LogP contribution < -0.4 is 5.73 Å². The van der Waals surface area contributed by atoms with Crippen molar-refractivity contribution in [3.63, 3.8) is 0 Å². The summed E-state index contributed by atoms with van der Waals surface area (Å²) in [4.78, 5) is 0. The Labute approximate surface area is 69.5 Å². The number of aliphatic hydroxyl groups is 1. The van der Waals surface area contributed by atoms with E-state index < -0.39 is 12.6 Å². The zero-order valence-corrected chi connectivity index (χ0v) is 6.20. The highest BCUT2D eigenvalue weighted by Crippen LogP contribution is 2.14. The van der Waals surface area contributed by atoms with Crippen LogP contribution >= 0.6 is 0 Å². The molecule has 0 aromatic heterocycles. The molecule has 0 aliphatic carbocycles. The van der Waals surface area contributed by atoms with Crippen molar-refractivity contribution in [3.05, 3.63) is 35.9 Å². The minimum absolute atomic E-state index is 0.0863. The van der Waals surface area contributed by atoms with Gasteiger partial charge in [-0.15, -0.1) is 0 Å². The topological polar surface area (TPSA) is 46.2 Å². The van der Waals surface area contributed by atoms with Crippen LogP contribution in [0.1, 0.15) is 20.8 Å². The molecule has 3 N–H and O–H groups in total. The van der Waals surface area contributed by atoms with Crippen molar-refractivity contribution in [2.75, 3.05) is 6.50 Å². The summed E-state index contributed by atoms with van der Waals surface area (Å²) in [7, 11) is 0. The van der Waals surface area contributed by atoms with Crippen molar-refractivity contribution >= 4 is 0 Å². The van der Waals surface area contributed by atoms with Crippen LogP contribution in [0.3, 0.4) is 0 Å². The van der Waals surface area contributed by atoms with E-state index in [4.69, 9.17) is 8.48 Å². The minimum atomic E-state index is -1.82. The number of rotatable bonds is 3. The summed E-state index contributed by atoms with van der Waals surface area (Å²) < 4.78 is 14.2. The number of hydrogen-bond acceptors (Lipinski definition) is 2. The van der Waals surface area contributed by atoms with Gasteiger partial charge >= 0.3 is 0 Å². The Morgan fingerprint density at radius 3 is 2.64 bits per heavy atom. The molecule has 2 heteroatoms. The van der Waals surface area contributed by atoms with Gasteiger partial charge in [-0.1, -0.05) is 30.3 Å². The highest BCUT2D eigenvalue weighted by atomic mass is 16.3. The largest absolute Gasteiger partial charge is 0.388 e. The zero-order valence-electron chi connectivity index (χ0n) is 8.20. The molecule has 0 saturated carbocycles. The molecule has 0 aliphatic rings. The Bertz CT molecular complexity index is 258. The molecular weight excluding hydrogens is 138 g/mol. The Morgan fingerprint density at radius 2 is 2.09 bits per heavy atom. The Kier molecular flexibility index (Phi) is 2.15. The first-order chi connectivity index (χ1) is 5.99. The van der Waals surface area contributed by atoms with Crippen molar-refractivity contribution in [1.82, 2.24) is 0 Å². The number of aliphatic hydroxyl groups excluding tert-OH is 1. The molecule has 0 unspecified atom stereocenters. The van der Waals surface area contributed by atoms with E-state index in [2.05, 4.69) is 0 Å². The Hall–Kier alpha value is -0.860. The lowest BCUT2D eigenvalue weighted by molar-refractivity contribution is 0.170. The van der Waals surface area contributed by atoms with Crippen LogP contribution in [0.5, 0.6) is 0 Å². The first kappa shape index (κ1) is 5.75. The molecule has 1 atom stereocenters. The van der Waals surface area contributed by atoms with Gasteiger partial charge in [0.1, 0.15) is 0 Å². The standard InChI is InChI=1S/C9H13NO/c10-7-6-9(11)8-4-2-1-3-5-8/h1-5,9,11H,6-7,10H2/t9-/m0/s1/i7D2. The monoisotopic (exact) mass is 153 g/mol. The highest BCUT2D eigenvalue weighted by Gasteiger charge is 2.03. The van der Waals surface area contributed by atoms with E-state index in [1.165, 1.54) is 0 Å². The predicted octanol–water partition coefficient (Wildman–Crippen LogP) is 1.07. The summed E-state index contributed by atoms with van der Waals surface area (Å²) >= 11 is 0. The molecule has 0 radical (unpaired) electrons. The molecule has 60 valence electrons. The minimum Gasteiger partial charge on any atom is -0.388 e. The molecule has 0 aliphatic heterocycles. The Balaban J connectivity index is 2.64. The lowest BCUT2D eigenvalue weighted by atomic mass is 10.1. The molecular formula is C9H13NO. The summed E-state index contributed by atoms with van der Waals surface area (Å²) in [6.45, 7) is -1.82. The van der Waals surface area contributed by atoms with Crippen LogP contribution in [-0.4, -0.2) is 11.6 Å². The maximum absolute atomic E-state index is 9.54. The smallest absolute Gasteiger partial charge is 0.0802 e. The molecule has 1 aromatic rings. The molecule has 0 fully saturated rings. The average Bonchev–Trinajstić information content (AvgIpc) is 2.03. The number of nitrogens with two attached hydrogens (primary N) is 1. The predicted molar refractivity (Wildman–Crippen MR) is 45.1 cm³/mol. The quantitative estimate of drug-likeness (QED) is 0.682. The fourth-order valence-corrected chi connectivity index (χ4v) is 0.905. The van der Waals surface area contributed by atoms with Gasteiger partial charge in [-0.25, -0.2) is 0 Å². The first-order valence-electron chi connectivity index (χ1n) is 4.51. The first-order valence-corrected chi connectivity index (χ1v) is 3.51. The van der Waals surface area contributed by atoms with Gasteiger partial charge < -0.3 is 10.8 Å². The maximum Gasteiger partial charge on any atom is 0.0802 e. The number of hydrogen-bond donors (Lipinski definition) is 2. The SMILES string of the molecule is [2H]C([2H])(N)C[C@H](O)c1ccccc1. The summed E-state index contributed by atoms with van der Waals surface area (Å²) in [5.74, 6) is 0. The fourth-order valence-electron chi connectivity index (χ4n) is 0.905. The van der Waals surface area contributed by atoms with Crippen LogP contribution in [0, 0.1) is 0 Å². The van der Waals surface area contributed by atoms with Crippen molar-refractivity contribution in [3.8, 4) is 0 Å². The fraction of sp³-hybridized carbons (Fsp3) is 0.333. The van der Waals surface area contributed by atoms with Gasteiger partial charge in [0.15, 0.2) is 0 Å². The molecule has 11 heavy (non-hydrogen) atoms. The van der Waals surface area contributed by atoms with E-state index in [1.54, 1.807) is 24.3 Å². The number of benzene rings is 1. The molecule has 2 nitrogen and oxygen atoms in total. The van der Waals surface area contributed by atoms with E-state index in [-0.39, 0.29) is 6.42 Å². The molecule has 1 aromatic carbocycles. The maximum atomic E-state index is 9.54. The van der Waals surface area contributed by atoms with Gasteiger partial charge in [-0.05, 0) is 18.5 Å². The van der Waals surface area contributed by atoms with E-state index >= 15 is 0 Å². The van der Waals surface area contributed by atoms with Crippen molar-refractivity contribution in [2.24, 2.45) is 5.73 Å². The summed E-state index contributed by atoms with van der Waals surface area (Å²) in [6.07, 6.45) is -0.919. The van der Waals surface area contributed by atoms with E-state index in [1.807, 2.05) is 6.07 Å². The molecule has 1 rings (SSSR count). The van der Waals surface area contributed by atoms with Crippen molar-refractivity contribution < 1.29 is 7.85 Å².